The van der Waals surface area contributed by atoms with Crippen molar-refractivity contribution in [2.24, 2.45) is 17.8 Å². The molecule has 1 fully saturated rings. The molecular formula is C29H38INO9. The van der Waals surface area contributed by atoms with Gasteiger partial charge in [-0.2, -0.15) is 0 Å². The van der Waals surface area contributed by atoms with E-state index >= 15 is 0 Å². The third-order valence-corrected chi connectivity index (χ3v) is 8.61. The van der Waals surface area contributed by atoms with Crippen molar-refractivity contribution in [1.29, 1.82) is 0 Å². The number of rotatable bonds is 14. The van der Waals surface area contributed by atoms with E-state index in [0.717, 1.165) is 11.1 Å². The zero-order chi connectivity index (χ0) is 29.6. The number of imide groups is 1. The van der Waals surface area contributed by atoms with Crippen LogP contribution >= 0.6 is 22.6 Å². The smallest absolute Gasteiger partial charge is 0.303 e. The average molecular weight is 672 g/mol. The third kappa shape index (κ3) is 7.23. The first-order chi connectivity index (χ1) is 19.0. The number of likely N-dealkylation sites (tertiary alicyclic amines) is 1. The zero-order valence-corrected chi connectivity index (χ0v) is 25.0. The lowest BCUT2D eigenvalue weighted by Crippen LogP contribution is -2.39. The van der Waals surface area contributed by atoms with Gasteiger partial charge in [-0.05, 0) is 90.5 Å². The fraction of sp³-hybridized carbons (Fsp3) is 0.552. The van der Waals surface area contributed by atoms with Gasteiger partial charge in [0.15, 0.2) is 11.5 Å². The van der Waals surface area contributed by atoms with Crippen LogP contribution in [0.1, 0.15) is 57.4 Å². The third-order valence-electron chi connectivity index (χ3n) is 7.79. The summed E-state index contributed by atoms with van der Waals surface area (Å²) in [4.78, 5) is 38.4. The first-order valence-electron chi connectivity index (χ1n) is 13.5. The van der Waals surface area contributed by atoms with Gasteiger partial charge in [0.2, 0.25) is 11.8 Å². The average Bonchev–Trinajstić information content (AvgIpc) is 3.16. The van der Waals surface area contributed by atoms with Crippen molar-refractivity contribution in [3.63, 3.8) is 0 Å². The molecule has 40 heavy (non-hydrogen) atoms. The highest BCUT2D eigenvalue weighted by Gasteiger charge is 2.54. The number of halogens is 1. The second kappa shape index (κ2) is 14.4. The number of hydrogen-bond acceptors (Lipinski definition) is 8. The summed E-state index contributed by atoms with van der Waals surface area (Å²) in [5, 5.41) is 50.5. The molecule has 11 heteroatoms. The van der Waals surface area contributed by atoms with E-state index in [-0.39, 0.29) is 50.0 Å². The van der Waals surface area contributed by atoms with E-state index < -0.39 is 36.4 Å². The molecule has 0 radical (unpaired) electrons. The van der Waals surface area contributed by atoms with E-state index in [4.69, 9.17) is 9.84 Å². The number of aromatic hydroxyl groups is 1. The minimum atomic E-state index is -1.02. The molecule has 1 saturated heterocycles. The predicted octanol–water partition coefficient (Wildman–Crippen LogP) is 3.10. The maximum absolute atomic E-state index is 13.3. The second-order valence-electron chi connectivity index (χ2n) is 10.5. The number of hydrogen-bond donors (Lipinski definition) is 5. The summed E-state index contributed by atoms with van der Waals surface area (Å²) in [6, 6.07) is 3.53. The molecule has 2 aliphatic rings. The minimum absolute atomic E-state index is 0.0296. The number of carboxylic acids is 1. The molecule has 220 valence electrons. The molecule has 1 aliphatic carbocycles. The Kier molecular flexibility index (Phi) is 11.6. The van der Waals surface area contributed by atoms with Crippen LogP contribution in [0.2, 0.25) is 0 Å². The van der Waals surface area contributed by atoms with Crippen molar-refractivity contribution in [2.75, 3.05) is 26.9 Å². The molecule has 4 atom stereocenters. The Bertz CT molecular complexity index is 1180. The molecular weight excluding hydrogens is 633 g/mol. The van der Waals surface area contributed by atoms with Crippen LogP contribution in [0.3, 0.4) is 0 Å². The summed E-state index contributed by atoms with van der Waals surface area (Å²) in [5.74, 6) is -3.48. The van der Waals surface area contributed by atoms with E-state index in [9.17, 15) is 34.8 Å². The van der Waals surface area contributed by atoms with Gasteiger partial charge in [-0.15, -0.1) is 0 Å². The molecule has 0 saturated carbocycles. The molecule has 1 aromatic rings. The number of benzene rings is 1. The summed E-state index contributed by atoms with van der Waals surface area (Å²) in [5.41, 5.74) is 2.69. The Morgan fingerprint density at radius 1 is 1.18 bits per heavy atom. The lowest BCUT2D eigenvalue weighted by Gasteiger charge is -2.36. The molecule has 2 amide bonds. The van der Waals surface area contributed by atoms with Crippen molar-refractivity contribution >= 4 is 46.5 Å². The predicted molar refractivity (Wildman–Crippen MR) is 155 cm³/mol. The van der Waals surface area contributed by atoms with Crippen molar-refractivity contribution in [3.05, 3.63) is 38.0 Å². The summed E-state index contributed by atoms with van der Waals surface area (Å²) >= 11 is 2.02. The molecule has 0 bridgehead atoms. The van der Waals surface area contributed by atoms with Crippen molar-refractivity contribution in [1.82, 2.24) is 4.90 Å². The van der Waals surface area contributed by atoms with Crippen LogP contribution in [0.25, 0.3) is 6.08 Å². The Hall–Kier alpha value is -2.48. The number of carbonyl (C=O) groups excluding carboxylic acids is 2. The lowest BCUT2D eigenvalue weighted by atomic mass is 9.68. The second-order valence-corrected chi connectivity index (χ2v) is 11.6. The normalized spacial score (nSPS) is 22.1. The molecule has 10 nitrogen and oxygen atoms in total. The molecule has 1 heterocycles. The summed E-state index contributed by atoms with van der Waals surface area (Å²) in [6.07, 6.45) is 3.36. The van der Waals surface area contributed by atoms with Gasteiger partial charge in [-0.1, -0.05) is 18.1 Å². The van der Waals surface area contributed by atoms with E-state index in [2.05, 4.69) is 0 Å². The molecule has 1 aromatic carbocycles. The summed E-state index contributed by atoms with van der Waals surface area (Å²) in [7, 11) is 1.48. The van der Waals surface area contributed by atoms with E-state index in [1.54, 1.807) is 6.07 Å². The Morgan fingerprint density at radius 3 is 2.52 bits per heavy atom. The number of unbranched alkanes of at least 4 members (excludes halogenated alkanes) is 2. The van der Waals surface area contributed by atoms with E-state index in [1.165, 1.54) is 12.0 Å². The number of aliphatic hydroxyl groups is 3. The number of amides is 2. The van der Waals surface area contributed by atoms with E-state index in [1.807, 2.05) is 41.7 Å². The maximum atomic E-state index is 13.3. The maximum Gasteiger partial charge on any atom is 0.303 e. The van der Waals surface area contributed by atoms with Crippen LogP contribution in [-0.4, -0.2) is 81.2 Å². The van der Waals surface area contributed by atoms with Crippen LogP contribution in [0, 0.1) is 21.3 Å². The van der Waals surface area contributed by atoms with Crippen molar-refractivity contribution in [3.8, 4) is 11.5 Å². The van der Waals surface area contributed by atoms with Gasteiger partial charge in [0.05, 0.1) is 41.8 Å². The van der Waals surface area contributed by atoms with Gasteiger partial charge in [-0.3, -0.25) is 19.3 Å². The first kappa shape index (κ1) is 32.0. The van der Waals surface area contributed by atoms with Crippen molar-refractivity contribution < 1.29 is 44.7 Å². The molecule has 0 aromatic heterocycles. The monoisotopic (exact) mass is 671 g/mol. The van der Waals surface area contributed by atoms with Gasteiger partial charge >= 0.3 is 5.97 Å². The van der Waals surface area contributed by atoms with Crippen LogP contribution in [0.5, 0.6) is 11.5 Å². The number of aliphatic carboxylic acids is 1. The lowest BCUT2D eigenvalue weighted by molar-refractivity contribution is -0.141. The zero-order valence-electron chi connectivity index (χ0n) is 22.8. The van der Waals surface area contributed by atoms with Crippen LogP contribution in [0.4, 0.5) is 0 Å². The number of phenolic OH excluding ortho intramolecular Hbond substituents is 1. The Morgan fingerprint density at radius 2 is 1.90 bits per heavy atom. The van der Waals surface area contributed by atoms with Crippen LogP contribution < -0.4 is 4.74 Å². The molecule has 3 rings (SSSR count). The number of carbonyl (C=O) groups is 3. The fourth-order valence-electron chi connectivity index (χ4n) is 5.82. The highest BCUT2D eigenvalue weighted by molar-refractivity contribution is 14.1. The fourth-order valence-corrected chi connectivity index (χ4v) is 6.45. The van der Waals surface area contributed by atoms with E-state index in [0.29, 0.717) is 46.1 Å². The van der Waals surface area contributed by atoms with Gasteiger partial charge in [0.1, 0.15) is 0 Å². The number of ether oxygens (including phenoxy) is 1. The molecule has 1 aliphatic heterocycles. The number of allylic oxidation sites excluding steroid dienone is 1. The largest absolute Gasteiger partial charge is 0.504 e. The SMILES string of the molecule is COc1cc(/C=C(\C)CC[C@@H](O)C2=C(CO)C[C@H]3C(=O)N(CCCCCC(=O)O)C(=O)[C@H]3[C@H]2CO)cc(I)c1O. The minimum Gasteiger partial charge on any atom is -0.504 e. The molecule has 0 unspecified atom stereocenters. The number of aliphatic hydroxyl groups excluding tert-OH is 3. The number of fused-ring (bicyclic) bond motifs is 1. The number of methoxy groups -OCH3 is 1. The molecule has 5 N–H and O–H groups in total. The highest BCUT2D eigenvalue weighted by atomic mass is 127. The van der Waals surface area contributed by atoms with Gasteiger partial charge in [0.25, 0.3) is 0 Å². The Labute approximate surface area is 247 Å². The Balaban J connectivity index is 1.72. The number of nitrogens with zero attached hydrogens (tertiary/aromatic N) is 1. The topological polar surface area (TPSA) is 165 Å². The summed E-state index contributed by atoms with van der Waals surface area (Å²) < 4.78 is 5.86. The van der Waals surface area contributed by atoms with Gasteiger partial charge < -0.3 is 30.3 Å². The summed E-state index contributed by atoms with van der Waals surface area (Å²) in [6.45, 7) is 1.26. The van der Waals surface area contributed by atoms with Gasteiger partial charge in [0, 0.05) is 18.9 Å². The first-order valence-corrected chi connectivity index (χ1v) is 14.5. The number of phenols is 1. The van der Waals surface area contributed by atoms with Crippen LogP contribution in [0.15, 0.2) is 28.9 Å². The number of carboxylic acid groups (broad SMARTS) is 1. The van der Waals surface area contributed by atoms with Crippen LogP contribution in [-0.2, 0) is 14.4 Å². The van der Waals surface area contributed by atoms with Crippen molar-refractivity contribution in [2.45, 2.75) is 58.0 Å². The van der Waals surface area contributed by atoms with Gasteiger partial charge in [-0.25, -0.2) is 0 Å². The highest BCUT2D eigenvalue weighted by Crippen LogP contribution is 2.46. The standard InChI is InChI=1S/C29H38INO9/c1-16(10-17-11-21(30)27(37)23(12-17)40-2)7-8-22(34)25-18(14-32)13-19-26(20(25)15-33)29(39)31(28(19)38)9-5-3-4-6-24(35)36/h10-12,19-20,22,26,32-34,37H,3-9,13-15H2,1-2H3,(H,35,36)/b16-10+/t19-,20+,22-,26-/m1/s1. The molecule has 0 spiro atoms. The quantitative estimate of drug-likeness (QED) is 0.0866.